The molecule has 0 fully saturated rings. The van der Waals surface area contributed by atoms with Crippen LogP contribution in [0.15, 0.2) is 79.3 Å². The van der Waals surface area contributed by atoms with E-state index in [-0.39, 0.29) is 17.9 Å². The number of fused-ring (bicyclic) bond motifs is 2. The molecule has 0 aliphatic carbocycles. The number of para-hydroxylation sites is 2. The first-order valence-corrected chi connectivity index (χ1v) is 13.5. The van der Waals surface area contributed by atoms with E-state index < -0.39 is 0 Å². The van der Waals surface area contributed by atoms with Gasteiger partial charge in [0.2, 0.25) is 5.88 Å². The number of aromatic nitrogens is 3. The Hall–Kier alpha value is -4.37. The normalized spacial score (nSPS) is 14.7. The molecule has 0 radical (unpaired) electrons. The lowest BCUT2D eigenvalue weighted by atomic mass is 10.1. The molecule has 0 bridgehead atoms. The van der Waals surface area contributed by atoms with Gasteiger partial charge in [0.1, 0.15) is 17.9 Å². The highest BCUT2D eigenvalue weighted by Gasteiger charge is 2.21. The molecule has 1 aliphatic heterocycles. The number of amides is 1. The Morgan fingerprint density at radius 3 is 2.60 bits per heavy atom. The number of benzene rings is 2. The maximum absolute atomic E-state index is 13.4. The summed E-state index contributed by atoms with van der Waals surface area (Å²) in [5.41, 5.74) is 2.63. The Morgan fingerprint density at radius 2 is 1.80 bits per heavy atom. The lowest BCUT2D eigenvalue weighted by molar-refractivity contribution is 0.0770. The molecule has 1 aliphatic rings. The van der Waals surface area contributed by atoms with Crippen molar-refractivity contribution in [3.63, 3.8) is 0 Å². The zero-order valence-electron chi connectivity index (χ0n) is 23.2. The van der Waals surface area contributed by atoms with Crippen LogP contribution in [0.4, 0.5) is 0 Å². The summed E-state index contributed by atoms with van der Waals surface area (Å²) in [5, 5.41) is 4.38. The molecule has 40 heavy (non-hydrogen) atoms. The van der Waals surface area contributed by atoms with Gasteiger partial charge in [-0.15, -0.1) is 0 Å². The molecule has 208 valence electrons. The highest BCUT2D eigenvalue weighted by molar-refractivity contribution is 5.96. The molecule has 9 heteroatoms. The fraction of sp³-hybridized carbons (Fsp3) is 0.323. The van der Waals surface area contributed by atoms with Crippen LogP contribution in [-0.2, 0) is 13.1 Å². The van der Waals surface area contributed by atoms with E-state index in [9.17, 15) is 4.79 Å². The maximum Gasteiger partial charge on any atom is 0.259 e. The highest BCUT2D eigenvalue weighted by atomic mass is 16.5. The number of pyridine rings is 1. The minimum Gasteiger partial charge on any atom is -0.491 e. The van der Waals surface area contributed by atoms with E-state index in [0.29, 0.717) is 56.4 Å². The largest absolute Gasteiger partial charge is 0.491 e. The second-order valence-corrected chi connectivity index (χ2v) is 10.1. The number of likely N-dealkylation sites (N-methyl/N-ethyl adjacent to an activating group) is 1. The predicted octanol–water partition coefficient (Wildman–Crippen LogP) is 4.87. The molecule has 0 atom stereocenters. The summed E-state index contributed by atoms with van der Waals surface area (Å²) < 4.78 is 20.2. The summed E-state index contributed by atoms with van der Waals surface area (Å²) >= 11 is 0. The second-order valence-electron chi connectivity index (χ2n) is 10.1. The van der Waals surface area contributed by atoms with Gasteiger partial charge in [0.15, 0.2) is 11.5 Å². The van der Waals surface area contributed by atoms with Crippen molar-refractivity contribution in [1.82, 2.24) is 24.6 Å². The monoisotopic (exact) mass is 541 g/mol. The van der Waals surface area contributed by atoms with Crippen LogP contribution in [0.25, 0.3) is 0 Å². The Bertz CT molecular complexity index is 1420. The third-order valence-electron chi connectivity index (χ3n) is 6.61. The van der Waals surface area contributed by atoms with Crippen molar-refractivity contribution in [2.75, 3.05) is 33.3 Å². The van der Waals surface area contributed by atoms with Crippen LogP contribution < -0.4 is 14.2 Å². The average Bonchev–Trinajstić information content (AvgIpc) is 3.46. The van der Waals surface area contributed by atoms with Crippen molar-refractivity contribution in [2.45, 2.75) is 33.0 Å². The first kappa shape index (κ1) is 27.2. The van der Waals surface area contributed by atoms with Crippen LogP contribution >= 0.6 is 0 Å². The van der Waals surface area contributed by atoms with Crippen LogP contribution in [0.2, 0.25) is 0 Å². The van der Waals surface area contributed by atoms with Gasteiger partial charge >= 0.3 is 0 Å². The van der Waals surface area contributed by atoms with Crippen molar-refractivity contribution in [2.24, 2.45) is 0 Å². The van der Waals surface area contributed by atoms with Gasteiger partial charge in [0, 0.05) is 57.4 Å². The topological polar surface area (TPSA) is 82.0 Å². The summed E-state index contributed by atoms with van der Waals surface area (Å²) in [6, 6.07) is 19.2. The Morgan fingerprint density at radius 1 is 0.950 bits per heavy atom. The molecule has 9 nitrogen and oxygen atoms in total. The minimum absolute atomic E-state index is 0.0683. The zero-order chi connectivity index (χ0) is 27.9. The third kappa shape index (κ3) is 6.79. The third-order valence-corrected chi connectivity index (χ3v) is 6.61. The second kappa shape index (κ2) is 12.7. The van der Waals surface area contributed by atoms with Crippen LogP contribution in [-0.4, -0.2) is 69.9 Å². The summed E-state index contributed by atoms with van der Waals surface area (Å²) in [4.78, 5) is 21.7. The number of rotatable bonds is 6. The van der Waals surface area contributed by atoms with E-state index in [1.165, 1.54) is 0 Å². The Kier molecular flexibility index (Phi) is 8.61. The number of nitrogens with zero attached hydrogens (tertiary/aromatic N) is 5. The van der Waals surface area contributed by atoms with E-state index in [1.807, 2.05) is 68.2 Å². The number of hydrogen-bond acceptors (Lipinski definition) is 7. The van der Waals surface area contributed by atoms with Gasteiger partial charge in [-0.2, -0.15) is 5.10 Å². The van der Waals surface area contributed by atoms with Crippen LogP contribution in [0.1, 0.15) is 35.3 Å². The highest BCUT2D eigenvalue weighted by Crippen LogP contribution is 2.32. The molecule has 2 aromatic carbocycles. The van der Waals surface area contributed by atoms with Gasteiger partial charge in [-0.05, 0) is 61.9 Å². The molecular formula is C31H35N5O4. The lowest BCUT2D eigenvalue weighted by Gasteiger charge is -2.26. The van der Waals surface area contributed by atoms with Crippen molar-refractivity contribution >= 4 is 5.91 Å². The Labute approximate surface area is 234 Å². The average molecular weight is 542 g/mol. The molecular weight excluding hydrogens is 506 g/mol. The Balaban J connectivity index is 1.39. The number of carbonyl (C=O) groups excluding carboxylic acids is 1. The first-order chi connectivity index (χ1) is 19.5. The van der Waals surface area contributed by atoms with Gasteiger partial charge in [-0.3, -0.25) is 14.4 Å². The van der Waals surface area contributed by atoms with E-state index in [0.717, 1.165) is 16.9 Å². The van der Waals surface area contributed by atoms with Crippen molar-refractivity contribution in [3.8, 4) is 23.1 Å². The van der Waals surface area contributed by atoms with Crippen molar-refractivity contribution in [1.29, 1.82) is 0 Å². The van der Waals surface area contributed by atoms with Crippen molar-refractivity contribution in [3.05, 3.63) is 95.9 Å². The molecule has 4 aromatic rings. The van der Waals surface area contributed by atoms with Crippen LogP contribution in [0.3, 0.4) is 0 Å². The van der Waals surface area contributed by atoms with Gasteiger partial charge in [-0.25, -0.2) is 4.98 Å². The number of ether oxygens (including phenoxy) is 3. The molecule has 0 unspecified atom stereocenters. The van der Waals surface area contributed by atoms with E-state index in [2.05, 4.69) is 27.1 Å². The van der Waals surface area contributed by atoms with Gasteiger partial charge in [-0.1, -0.05) is 18.2 Å². The summed E-state index contributed by atoms with van der Waals surface area (Å²) in [7, 11) is 1.81. The lowest BCUT2D eigenvalue weighted by Crippen LogP contribution is -2.37. The molecule has 5 rings (SSSR count). The molecule has 0 saturated carbocycles. The van der Waals surface area contributed by atoms with Gasteiger partial charge in [0.25, 0.3) is 5.91 Å². The molecule has 0 spiro atoms. The minimum atomic E-state index is -0.141. The van der Waals surface area contributed by atoms with Gasteiger partial charge < -0.3 is 19.1 Å². The fourth-order valence-electron chi connectivity index (χ4n) is 4.60. The standard InChI is InChI=1S/C31H35N5O4/c1-23(2)39-27-12-11-24(20-25(27)22-36-15-7-14-33-36)21-35-17-16-34(3)31(37)26-8-6-13-32-30(26)40-29-10-5-4-9-28(29)38-19-18-35/h4-15,20,23H,16-19,21-22H2,1-3H3. The van der Waals surface area contributed by atoms with Gasteiger partial charge in [0.05, 0.1) is 12.6 Å². The number of carbonyl (C=O) groups is 1. The van der Waals surface area contributed by atoms with E-state index in [4.69, 9.17) is 14.2 Å². The van der Waals surface area contributed by atoms with E-state index in [1.54, 1.807) is 29.4 Å². The zero-order valence-corrected chi connectivity index (χ0v) is 23.2. The summed E-state index contributed by atoms with van der Waals surface area (Å²) in [6.07, 6.45) is 5.41. The molecule has 0 N–H and O–H groups in total. The number of hydrogen-bond donors (Lipinski definition) is 0. The summed E-state index contributed by atoms with van der Waals surface area (Å²) in [6.45, 7) is 7.70. The first-order valence-electron chi connectivity index (χ1n) is 13.5. The van der Waals surface area contributed by atoms with E-state index >= 15 is 0 Å². The quantitative estimate of drug-likeness (QED) is 0.344. The fourth-order valence-corrected chi connectivity index (χ4v) is 4.60. The predicted molar refractivity (Wildman–Crippen MR) is 152 cm³/mol. The summed E-state index contributed by atoms with van der Waals surface area (Å²) in [5.74, 6) is 2.11. The molecule has 3 heterocycles. The maximum atomic E-state index is 13.4. The molecule has 1 amide bonds. The molecule has 2 aromatic heterocycles. The van der Waals surface area contributed by atoms with Crippen LogP contribution in [0.5, 0.6) is 23.1 Å². The smallest absolute Gasteiger partial charge is 0.259 e. The van der Waals surface area contributed by atoms with Crippen LogP contribution in [0, 0.1) is 0 Å². The SMILES string of the molecule is CC(C)Oc1ccc(CN2CCOc3ccccc3Oc3ncccc3C(=O)N(C)CC2)cc1Cn1cccn1. The molecule has 0 saturated heterocycles. The van der Waals surface area contributed by atoms with Crippen molar-refractivity contribution < 1.29 is 19.0 Å².